The fourth-order valence-corrected chi connectivity index (χ4v) is 1.75. The molecule has 0 aliphatic carbocycles. The number of nitrogens with two attached hydrogens (primary N) is 1. The molecule has 13 heavy (non-hydrogen) atoms. The molecule has 1 aromatic heterocycles. The molecule has 3 N–H and O–H groups in total. The van der Waals surface area contributed by atoms with E-state index in [4.69, 9.17) is 5.73 Å². The highest BCUT2D eigenvalue weighted by Crippen LogP contribution is 2.04. The Kier molecular flexibility index (Phi) is 4.97. The second-order valence-corrected chi connectivity index (χ2v) is 4.12. The maximum atomic E-state index is 5.85. The number of aromatic nitrogens is 1. The van der Waals surface area contributed by atoms with Gasteiger partial charge < -0.3 is 11.1 Å². The molecule has 1 unspecified atom stereocenters. The van der Waals surface area contributed by atoms with E-state index in [1.807, 2.05) is 11.7 Å². The highest BCUT2D eigenvalue weighted by molar-refractivity contribution is 7.09. The molecule has 3 nitrogen and oxygen atoms in total. The summed E-state index contributed by atoms with van der Waals surface area (Å²) in [5.41, 5.74) is 7.70. The van der Waals surface area contributed by atoms with Crippen LogP contribution in [0.15, 0.2) is 11.7 Å². The largest absolute Gasteiger partial charge is 0.327 e. The third kappa shape index (κ3) is 4.36. The van der Waals surface area contributed by atoms with Crippen LogP contribution in [0.3, 0.4) is 0 Å². The first-order valence-electron chi connectivity index (χ1n) is 4.66. The van der Waals surface area contributed by atoms with Gasteiger partial charge in [0.25, 0.3) is 0 Å². The van der Waals surface area contributed by atoms with Crippen LogP contribution in [0.1, 0.15) is 24.6 Å². The summed E-state index contributed by atoms with van der Waals surface area (Å²) >= 11 is 1.67. The second-order valence-electron chi connectivity index (χ2n) is 3.15. The Labute approximate surface area is 83.4 Å². The van der Waals surface area contributed by atoms with Crippen LogP contribution < -0.4 is 11.1 Å². The van der Waals surface area contributed by atoms with E-state index in [1.165, 1.54) is 4.88 Å². The topological polar surface area (TPSA) is 50.9 Å². The lowest BCUT2D eigenvalue weighted by Gasteiger charge is -2.10. The maximum absolute atomic E-state index is 5.85. The minimum atomic E-state index is 0.290. The summed E-state index contributed by atoms with van der Waals surface area (Å²) in [5.74, 6) is 0. The zero-order chi connectivity index (χ0) is 9.52. The minimum Gasteiger partial charge on any atom is -0.327 e. The molecule has 0 aliphatic heterocycles. The first kappa shape index (κ1) is 10.6. The summed E-state index contributed by atoms with van der Waals surface area (Å²) in [6.45, 7) is 3.94. The van der Waals surface area contributed by atoms with Crippen molar-refractivity contribution >= 4 is 11.3 Å². The van der Waals surface area contributed by atoms with Crippen LogP contribution in [-0.2, 0) is 6.54 Å². The van der Waals surface area contributed by atoms with Crippen molar-refractivity contribution in [2.24, 2.45) is 5.73 Å². The highest BCUT2D eigenvalue weighted by atomic mass is 32.1. The quantitative estimate of drug-likeness (QED) is 0.727. The molecule has 4 heteroatoms. The van der Waals surface area contributed by atoms with E-state index < -0.39 is 0 Å². The van der Waals surface area contributed by atoms with Gasteiger partial charge in [0.2, 0.25) is 0 Å². The van der Waals surface area contributed by atoms with Gasteiger partial charge in [0.1, 0.15) is 0 Å². The normalized spacial score (nSPS) is 13.1. The Hall–Kier alpha value is -0.450. The average Bonchev–Trinajstić information content (AvgIpc) is 2.57. The van der Waals surface area contributed by atoms with E-state index >= 15 is 0 Å². The Morgan fingerprint density at radius 1 is 1.69 bits per heavy atom. The summed E-state index contributed by atoms with van der Waals surface area (Å²) in [6, 6.07) is 0.290. The van der Waals surface area contributed by atoms with Crippen molar-refractivity contribution in [3.63, 3.8) is 0 Å². The third-order valence-corrected chi connectivity index (χ3v) is 2.63. The summed E-state index contributed by atoms with van der Waals surface area (Å²) in [5, 5.41) is 3.32. The van der Waals surface area contributed by atoms with Gasteiger partial charge >= 0.3 is 0 Å². The van der Waals surface area contributed by atoms with Gasteiger partial charge in [-0.25, -0.2) is 0 Å². The van der Waals surface area contributed by atoms with Gasteiger partial charge in [-0.1, -0.05) is 13.3 Å². The van der Waals surface area contributed by atoms with E-state index in [9.17, 15) is 0 Å². The van der Waals surface area contributed by atoms with Gasteiger partial charge in [0.15, 0.2) is 0 Å². The third-order valence-electron chi connectivity index (χ3n) is 1.85. The van der Waals surface area contributed by atoms with Crippen LogP contribution in [0, 0.1) is 0 Å². The Morgan fingerprint density at radius 2 is 2.54 bits per heavy atom. The zero-order valence-electron chi connectivity index (χ0n) is 7.99. The fourth-order valence-electron chi connectivity index (χ4n) is 1.18. The van der Waals surface area contributed by atoms with Gasteiger partial charge in [-0.05, 0) is 6.42 Å². The molecule has 0 radical (unpaired) electrons. The lowest BCUT2D eigenvalue weighted by molar-refractivity contribution is 0.540. The second kappa shape index (κ2) is 6.07. The fraction of sp³-hybridized carbons (Fsp3) is 0.667. The van der Waals surface area contributed by atoms with Crippen LogP contribution >= 0.6 is 11.3 Å². The molecule has 0 bridgehead atoms. The smallest absolute Gasteiger partial charge is 0.0794 e. The Morgan fingerprint density at radius 3 is 3.15 bits per heavy atom. The van der Waals surface area contributed by atoms with Gasteiger partial charge in [0.05, 0.1) is 5.51 Å². The summed E-state index contributed by atoms with van der Waals surface area (Å²) < 4.78 is 0. The summed E-state index contributed by atoms with van der Waals surface area (Å²) in [6.07, 6.45) is 4.14. The average molecular weight is 199 g/mol. The van der Waals surface area contributed by atoms with Crippen molar-refractivity contribution in [3.05, 3.63) is 16.6 Å². The molecule has 0 fully saturated rings. The van der Waals surface area contributed by atoms with Crippen LogP contribution in [0.5, 0.6) is 0 Å². The molecular formula is C9H17N3S. The number of hydrogen-bond donors (Lipinski definition) is 2. The molecule has 0 saturated carbocycles. The molecule has 74 valence electrons. The lowest BCUT2D eigenvalue weighted by atomic mass is 10.2. The molecular weight excluding hydrogens is 182 g/mol. The van der Waals surface area contributed by atoms with Gasteiger partial charge in [-0.2, -0.15) is 0 Å². The molecule has 1 heterocycles. The minimum absolute atomic E-state index is 0.290. The van der Waals surface area contributed by atoms with Crippen molar-refractivity contribution in [2.45, 2.75) is 32.4 Å². The number of nitrogens with one attached hydrogen (secondary N) is 1. The predicted molar refractivity (Wildman–Crippen MR) is 56.7 cm³/mol. The molecule has 1 rings (SSSR count). The standard InChI is InChI=1S/C9H17N3S/c1-2-3-8(10)4-11-5-9-6-12-7-13-9/h6-8,11H,2-5,10H2,1H3. The van der Waals surface area contributed by atoms with Crippen LogP contribution in [-0.4, -0.2) is 17.6 Å². The Balaban J connectivity index is 2.07. The molecule has 0 amide bonds. The van der Waals surface area contributed by atoms with Crippen molar-refractivity contribution in [2.75, 3.05) is 6.54 Å². The SMILES string of the molecule is CCCC(N)CNCc1cncs1. The summed E-state index contributed by atoms with van der Waals surface area (Å²) in [4.78, 5) is 5.27. The molecule has 1 atom stereocenters. The van der Waals surface area contributed by atoms with E-state index in [-0.39, 0.29) is 6.04 Å². The van der Waals surface area contributed by atoms with Crippen LogP contribution in [0.25, 0.3) is 0 Å². The number of nitrogens with zero attached hydrogens (tertiary/aromatic N) is 1. The molecule has 0 aromatic carbocycles. The predicted octanol–water partition coefficient (Wildman–Crippen LogP) is 1.36. The van der Waals surface area contributed by atoms with E-state index in [2.05, 4.69) is 17.2 Å². The molecule has 0 saturated heterocycles. The lowest BCUT2D eigenvalue weighted by Crippen LogP contribution is -2.33. The highest BCUT2D eigenvalue weighted by Gasteiger charge is 2.00. The summed E-state index contributed by atoms with van der Waals surface area (Å²) in [7, 11) is 0. The van der Waals surface area contributed by atoms with Gasteiger partial charge in [-0.15, -0.1) is 11.3 Å². The molecule has 0 spiro atoms. The van der Waals surface area contributed by atoms with Crippen LogP contribution in [0.2, 0.25) is 0 Å². The van der Waals surface area contributed by atoms with Gasteiger partial charge in [0, 0.05) is 30.2 Å². The first-order chi connectivity index (χ1) is 6.33. The molecule has 0 aliphatic rings. The van der Waals surface area contributed by atoms with Crippen molar-refractivity contribution in [1.82, 2.24) is 10.3 Å². The van der Waals surface area contributed by atoms with Crippen molar-refractivity contribution in [1.29, 1.82) is 0 Å². The van der Waals surface area contributed by atoms with E-state index in [0.29, 0.717) is 0 Å². The van der Waals surface area contributed by atoms with E-state index in [1.54, 1.807) is 11.3 Å². The first-order valence-corrected chi connectivity index (χ1v) is 5.54. The van der Waals surface area contributed by atoms with Crippen molar-refractivity contribution < 1.29 is 0 Å². The van der Waals surface area contributed by atoms with E-state index in [0.717, 1.165) is 25.9 Å². The van der Waals surface area contributed by atoms with Crippen molar-refractivity contribution in [3.8, 4) is 0 Å². The zero-order valence-corrected chi connectivity index (χ0v) is 8.81. The van der Waals surface area contributed by atoms with Gasteiger partial charge in [-0.3, -0.25) is 4.98 Å². The number of hydrogen-bond acceptors (Lipinski definition) is 4. The van der Waals surface area contributed by atoms with Crippen LogP contribution in [0.4, 0.5) is 0 Å². The molecule has 1 aromatic rings. The Bertz CT molecular complexity index is 211. The number of rotatable bonds is 6. The monoisotopic (exact) mass is 199 g/mol. The maximum Gasteiger partial charge on any atom is 0.0794 e. The number of thiazole rings is 1.